The quantitative estimate of drug-likeness (QED) is 0.318. The van der Waals surface area contributed by atoms with Gasteiger partial charge in [-0.15, -0.1) is 0 Å². The molecule has 0 radical (unpaired) electrons. The van der Waals surface area contributed by atoms with Crippen molar-refractivity contribution in [3.63, 3.8) is 0 Å². The van der Waals surface area contributed by atoms with Gasteiger partial charge in [0.05, 0.1) is 34.3 Å². The van der Waals surface area contributed by atoms with E-state index in [4.69, 9.17) is 27.9 Å². The van der Waals surface area contributed by atoms with Crippen LogP contribution in [0.3, 0.4) is 0 Å². The lowest BCUT2D eigenvalue weighted by atomic mass is 10.0. The lowest BCUT2D eigenvalue weighted by molar-refractivity contribution is 0.240. The number of rotatable bonds is 6. The van der Waals surface area contributed by atoms with Gasteiger partial charge in [0.25, 0.3) is 0 Å². The van der Waals surface area contributed by atoms with E-state index in [0.29, 0.717) is 41.0 Å². The highest BCUT2D eigenvalue weighted by atomic mass is 35.5. The van der Waals surface area contributed by atoms with Crippen molar-refractivity contribution in [1.29, 1.82) is 5.26 Å². The first kappa shape index (κ1) is 25.8. The van der Waals surface area contributed by atoms with Crippen LogP contribution in [0.5, 0.6) is 5.88 Å². The molecule has 38 heavy (non-hydrogen) atoms. The van der Waals surface area contributed by atoms with Gasteiger partial charge in [-0.3, -0.25) is 9.47 Å². The van der Waals surface area contributed by atoms with Crippen LogP contribution in [-0.4, -0.2) is 40.7 Å². The first-order chi connectivity index (χ1) is 18.5. The molecule has 4 aromatic rings. The summed E-state index contributed by atoms with van der Waals surface area (Å²) in [6, 6.07) is 16.7. The normalized spacial score (nSPS) is 13.4. The molecule has 0 spiro atoms. The molecule has 0 atom stereocenters. The van der Waals surface area contributed by atoms with Crippen molar-refractivity contribution in [1.82, 2.24) is 19.8 Å². The summed E-state index contributed by atoms with van der Waals surface area (Å²) in [5, 5.41) is 14.5. The van der Waals surface area contributed by atoms with Crippen LogP contribution >= 0.6 is 23.2 Å². The van der Waals surface area contributed by atoms with Gasteiger partial charge < -0.3 is 10.1 Å². The Morgan fingerprint density at radius 3 is 2.84 bits per heavy atom. The fourth-order valence-corrected chi connectivity index (χ4v) is 5.06. The molecule has 1 aliphatic heterocycles. The molecule has 1 aliphatic rings. The zero-order chi connectivity index (χ0) is 26.6. The number of nitrogens with one attached hydrogen (secondary N) is 1. The Labute approximate surface area is 230 Å². The second-order valence-electron chi connectivity index (χ2n) is 9.03. The first-order valence-corrected chi connectivity index (χ1v) is 12.9. The van der Waals surface area contributed by atoms with Crippen molar-refractivity contribution in [2.75, 3.05) is 20.2 Å². The maximum absolute atomic E-state index is 13.4. The number of carbonyl (C=O) groups is 1. The van der Waals surface area contributed by atoms with Crippen LogP contribution in [-0.2, 0) is 19.5 Å². The molecule has 5 rings (SSSR count). The summed E-state index contributed by atoms with van der Waals surface area (Å²) in [6.45, 7) is 2.55. The number of hydrogen-bond donors (Lipinski definition) is 1. The monoisotopic (exact) mass is 545 g/mol. The molecule has 2 aromatic heterocycles. The van der Waals surface area contributed by atoms with Crippen LogP contribution in [0.15, 0.2) is 60.8 Å². The van der Waals surface area contributed by atoms with Crippen molar-refractivity contribution < 1.29 is 9.53 Å². The number of nitrogens with zero attached hydrogens (tertiary/aromatic N) is 4. The summed E-state index contributed by atoms with van der Waals surface area (Å²) in [7, 11) is 1.56. The number of halogens is 2. The van der Waals surface area contributed by atoms with E-state index in [1.165, 1.54) is 0 Å². The molecule has 0 unspecified atom stereocenters. The van der Waals surface area contributed by atoms with E-state index in [2.05, 4.69) is 27.3 Å². The molecule has 3 heterocycles. The van der Waals surface area contributed by atoms with E-state index in [-0.39, 0.29) is 6.03 Å². The van der Waals surface area contributed by atoms with Gasteiger partial charge in [0.15, 0.2) is 0 Å². The Bertz CT molecular complexity index is 1590. The molecule has 7 nitrogen and oxygen atoms in total. The number of hydrogen-bond acceptors (Lipinski definition) is 5. The molecule has 0 saturated carbocycles. The van der Waals surface area contributed by atoms with Gasteiger partial charge in [-0.2, -0.15) is 5.26 Å². The van der Waals surface area contributed by atoms with E-state index >= 15 is 0 Å². The number of methoxy groups -OCH3 is 1. The molecule has 0 saturated heterocycles. The maximum atomic E-state index is 13.4. The molecule has 0 fully saturated rings. The van der Waals surface area contributed by atoms with Crippen molar-refractivity contribution in [2.24, 2.45) is 0 Å². The number of amides is 1. The largest absolute Gasteiger partial charge is 0.481 e. The zero-order valence-electron chi connectivity index (χ0n) is 20.7. The van der Waals surface area contributed by atoms with Crippen molar-refractivity contribution >= 4 is 46.2 Å². The van der Waals surface area contributed by atoms with Crippen LogP contribution in [0.4, 0.5) is 4.79 Å². The summed E-state index contributed by atoms with van der Waals surface area (Å²) in [4.78, 5) is 19.9. The second kappa shape index (κ2) is 11.3. The standard InChI is InChI=1S/C29H25Cl2N5O2/c1-38-28-15-21(8-10-33-28)17-34-29(37)36-26-7-5-20(16-32)13-22(26)23-18-35(12-9-27(23)36)11-2-3-19-4-6-24(30)25(31)14-19/h2-8,10,13-15H,9,11-12,17-18H2,1H3,(H,34,37)/b3-2+. The van der Waals surface area contributed by atoms with E-state index < -0.39 is 0 Å². The minimum absolute atomic E-state index is 0.204. The van der Waals surface area contributed by atoms with Gasteiger partial charge >= 0.3 is 6.03 Å². The summed E-state index contributed by atoms with van der Waals surface area (Å²) in [5.41, 5.74) is 5.29. The van der Waals surface area contributed by atoms with Crippen LogP contribution in [0, 0.1) is 11.3 Å². The molecule has 1 amide bonds. The van der Waals surface area contributed by atoms with E-state index in [1.807, 2.05) is 36.4 Å². The molecule has 9 heteroatoms. The summed E-state index contributed by atoms with van der Waals surface area (Å²) < 4.78 is 6.94. The van der Waals surface area contributed by atoms with E-state index in [1.54, 1.807) is 36.1 Å². The number of benzene rings is 2. The van der Waals surface area contributed by atoms with Crippen LogP contribution in [0.2, 0.25) is 10.0 Å². The molecule has 0 bridgehead atoms. The summed E-state index contributed by atoms with van der Waals surface area (Å²) in [5.74, 6) is 0.498. The average molecular weight is 546 g/mol. The third-order valence-electron chi connectivity index (χ3n) is 6.63. The number of aromatic nitrogens is 2. The van der Waals surface area contributed by atoms with Gasteiger partial charge in [0.1, 0.15) is 0 Å². The number of carbonyl (C=O) groups excluding carboxylic acids is 1. The lowest BCUT2D eigenvalue weighted by Crippen LogP contribution is -2.34. The first-order valence-electron chi connectivity index (χ1n) is 12.1. The number of pyridine rings is 1. The molecular weight excluding hydrogens is 521 g/mol. The minimum Gasteiger partial charge on any atom is -0.481 e. The number of fused-ring (bicyclic) bond motifs is 3. The Hall–Kier alpha value is -3.83. The Morgan fingerprint density at radius 1 is 1.18 bits per heavy atom. The van der Waals surface area contributed by atoms with Crippen molar-refractivity contribution in [3.05, 3.63) is 98.8 Å². The van der Waals surface area contributed by atoms with Gasteiger partial charge in [0.2, 0.25) is 5.88 Å². The minimum atomic E-state index is -0.204. The molecule has 2 aromatic carbocycles. The maximum Gasteiger partial charge on any atom is 0.326 e. The number of nitriles is 1. The predicted octanol–water partition coefficient (Wildman–Crippen LogP) is 6.05. The topological polar surface area (TPSA) is 83.2 Å². The SMILES string of the molecule is COc1cc(CNC(=O)n2c3c(c4cc(C#N)ccc42)CN(C/C=C/c2ccc(Cl)c(Cl)c2)CC3)ccn1. The zero-order valence-corrected chi connectivity index (χ0v) is 22.3. The van der Waals surface area contributed by atoms with Crippen molar-refractivity contribution in [2.45, 2.75) is 19.5 Å². The molecule has 1 N–H and O–H groups in total. The van der Waals surface area contributed by atoms with Gasteiger partial charge in [-0.1, -0.05) is 41.4 Å². The van der Waals surface area contributed by atoms with Gasteiger partial charge in [-0.25, -0.2) is 9.78 Å². The smallest absolute Gasteiger partial charge is 0.326 e. The fourth-order valence-electron chi connectivity index (χ4n) is 4.75. The van der Waals surface area contributed by atoms with E-state index in [9.17, 15) is 10.1 Å². The highest BCUT2D eigenvalue weighted by Crippen LogP contribution is 2.32. The van der Waals surface area contributed by atoms with Crippen LogP contribution < -0.4 is 10.1 Å². The molecule has 192 valence electrons. The number of ether oxygens (including phenoxy) is 1. The second-order valence-corrected chi connectivity index (χ2v) is 9.84. The highest BCUT2D eigenvalue weighted by Gasteiger charge is 2.26. The van der Waals surface area contributed by atoms with Crippen molar-refractivity contribution in [3.8, 4) is 11.9 Å². The fraction of sp³-hybridized carbons (Fsp3) is 0.207. The van der Waals surface area contributed by atoms with Crippen LogP contribution in [0.1, 0.15) is 27.9 Å². The Morgan fingerprint density at radius 2 is 2.05 bits per heavy atom. The van der Waals surface area contributed by atoms with Gasteiger partial charge in [0, 0.05) is 55.9 Å². The Kier molecular flexibility index (Phi) is 7.66. The molecule has 0 aliphatic carbocycles. The Balaban J connectivity index is 1.38. The summed E-state index contributed by atoms with van der Waals surface area (Å²) in [6.07, 6.45) is 6.49. The van der Waals surface area contributed by atoms with E-state index in [0.717, 1.165) is 46.4 Å². The average Bonchev–Trinajstić information content (AvgIpc) is 3.26. The summed E-state index contributed by atoms with van der Waals surface area (Å²) >= 11 is 12.2. The van der Waals surface area contributed by atoms with Gasteiger partial charge in [-0.05, 0) is 53.1 Å². The highest BCUT2D eigenvalue weighted by molar-refractivity contribution is 6.42. The third-order valence-corrected chi connectivity index (χ3v) is 7.37. The third kappa shape index (κ3) is 5.39. The predicted molar refractivity (Wildman–Crippen MR) is 150 cm³/mol. The van der Waals surface area contributed by atoms with Crippen LogP contribution in [0.25, 0.3) is 17.0 Å². The molecular formula is C29H25Cl2N5O2. The lowest BCUT2D eigenvalue weighted by Gasteiger charge is -2.27.